The second-order valence-electron chi connectivity index (χ2n) is 5.14. The van der Waals surface area contributed by atoms with Gasteiger partial charge in [-0.05, 0) is 36.4 Å². The van der Waals surface area contributed by atoms with Crippen molar-refractivity contribution in [3.8, 4) is 11.8 Å². The molecule has 26 heavy (non-hydrogen) atoms. The molecule has 0 heterocycles. The summed E-state index contributed by atoms with van der Waals surface area (Å²) in [6.07, 6.45) is -4.54. The van der Waals surface area contributed by atoms with Gasteiger partial charge in [-0.1, -0.05) is 0 Å². The summed E-state index contributed by atoms with van der Waals surface area (Å²) < 4.78 is 54.7. The zero-order valence-electron chi connectivity index (χ0n) is 13.2. The number of anilines is 2. The van der Waals surface area contributed by atoms with E-state index in [2.05, 4.69) is 15.4 Å². The monoisotopic (exact) mass is 367 g/mol. The number of amides is 1. The summed E-state index contributed by atoms with van der Waals surface area (Å²) >= 11 is 0. The molecule has 2 rings (SSSR count). The first-order valence-electron chi connectivity index (χ1n) is 7.30. The molecule has 0 unspecified atom stereocenters. The van der Waals surface area contributed by atoms with Crippen molar-refractivity contribution in [3.63, 3.8) is 0 Å². The van der Waals surface area contributed by atoms with Gasteiger partial charge in [0.2, 0.25) is 5.91 Å². The van der Waals surface area contributed by atoms with Crippen LogP contribution in [0.1, 0.15) is 5.56 Å². The minimum absolute atomic E-state index is 0.0794. The third-order valence-corrected chi connectivity index (χ3v) is 3.07. The van der Waals surface area contributed by atoms with Gasteiger partial charge < -0.3 is 15.4 Å². The third-order valence-electron chi connectivity index (χ3n) is 3.07. The van der Waals surface area contributed by atoms with Crippen LogP contribution in [0.4, 0.5) is 28.9 Å². The molecule has 5 nitrogen and oxygen atoms in total. The maximum Gasteiger partial charge on any atom is 0.422 e. The van der Waals surface area contributed by atoms with Crippen LogP contribution in [0.3, 0.4) is 0 Å². The predicted molar refractivity (Wildman–Crippen MR) is 86.2 cm³/mol. The number of halogens is 4. The van der Waals surface area contributed by atoms with E-state index in [0.29, 0.717) is 11.3 Å². The van der Waals surface area contributed by atoms with Crippen LogP contribution >= 0.6 is 0 Å². The SMILES string of the molecule is N#Cc1ccc(NC(=O)CNc2cc(F)ccc2OCC(F)(F)F)cc1. The maximum atomic E-state index is 13.3. The number of nitrogens with one attached hydrogen (secondary N) is 2. The van der Waals surface area contributed by atoms with Gasteiger partial charge in [-0.25, -0.2) is 4.39 Å². The van der Waals surface area contributed by atoms with Crippen LogP contribution in [0.5, 0.6) is 5.75 Å². The van der Waals surface area contributed by atoms with Crippen molar-refractivity contribution in [2.24, 2.45) is 0 Å². The highest BCUT2D eigenvalue weighted by Crippen LogP contribution is 2.27. The zero-order valence-corrected chi connectivity index (χ0v) is 13.2. The Hall–Kier alpha value is -3.28. The number of nitriles is 1. The van der Waals surface area contributed by atoms with Crippen LogP contribution in [-0.2, 0) is 4.79 Å². The molecule has 0 aliphatic heterocycles. The number of hydrogen-bond acceptors (Lipinski definition) is 4. The molecule has 0 radical (unpaired) electrons. The Bertz CT molecular complexity index is 814. The number of alkyl halides is 3. The highest BCUT2D eigenvalue weighted by Gasteiger charge is 2.28. The third kappa shape index (κ3) is 5.98. The first-order chi connectivity index (χ1) is 12.3. The second-order valence-corrected chi connectivity index (χ2v) is 5.14. The van der Waals surface area contributed by atoms with E-state index < -0.39 is 24.5 Å². The van der Waals surface area contributed by atoms with Gasteiger partial charge in [0.05, 0.1) is 23.9 Å². The quantitative estimate of drug-likeness (QED) is 0.764. The lowest BCUT2D eigenvalue weighted by molar-refractivity contribution is -0.153. The Morgan fingerprint density at radius 2 is 1.85 bits per heavy atom. The lowest BCUT2D eigenvalue weighted by Crippen LogP contribution is -2.23. The molecule has 9 heteroatoms. The largest absolute Gasteiger partial charge is 0.482 e. The molecule has 1 amide bonds. The first-order valence-corrected chi connectivity index (χ1v) is 7.30. The van der Waals surface area contributed by atoms with Crippen molar-refractivity contribution in [1.29, 1.82) is 5.26 Å². The number of ether oxygens (including phenoxy) is 1. The van der Waals surface area contributed by atoms with Crippen molar-refractivity contribution >= 4 is 17.3 Å². The molecule has 0 saturated heterocycles. The van der Waals surface area contributed by atoms with Crippen molar-refractivity contribution in [3.05, 3.63) is 53.8 Å². The van der Waals surface area contributed by atoms with Gasteiger partial charge >= 0.3 is 6.18 Å². The van der Waals surface area contributed by atoms with Gasteiger partial charge in [0.1, 0.15) is 11.6 Å². The Labute approximate surface area is 146 Å². The Kier molecular flexibility index (Phi) is 6.01. The van der Waals surface area contributed by atoms with Crippen LogP contribution in [0.25, 0.3) is 0 Å². The van der Waals surface area contributed by atoms with E-state index in [4.69, 9.17) is 5.26 Å². The van der Waals surface area contributed by atoms with E-state index >= 15 is 0 Å². The fraction of sp³-hybridized carbons (Fsp3) is 0.176. The summed E-state index contributed by atoms with van der Waals surface area (Å²) in [4.78, 5) is 11.9. The molecule has 0 spiro atoms. The van der Waals surface area contributed by atoms with Gasteiger partial charge in [-0.15, -0.1) is 0 Å². The van der Waals surface area contributed by atoms with Crippen LogP contribution in [0, 0.1) is 17.1 Å². The van der Waals surface area contributed by atoms with Crippen LogP contribution < -0.4 is 15.4 Å². The highest BCUT2D eigenvalue weighted by atomic mass is 19.4. The summed E-state index contributed by atoms with van der Waals surface area (Å²) in [5.41, 5.74) is 0.778. The van der Waals surface area contributed by atoms with Gasteiger partial charge in [0.25, 0.3) is 0 Å². The normalized spacial score (nSPS) is 10.7. The van der Waals surface area contributed by atoms with Gasteiger partial charge in [-0.3, -0.25) is 4.79 Å². The standard InChI is InChI=1S/C17H13F4N3O2/c18-12-3-6-15(26-10-17(19,20)21)14(7-12)23-9-16(25)24-13-4-1-11(8-22)2-5-13/h1-7,23H,9-10H2,(H,24,25). The second kappa shape index (κ2) is 8.20. The molecular weight excluding hydrogens is 354 g/mol. The van der Waals surface area contributed by atoms with Crippen molar-refractivity contribution in [2.45, 2.75) is 6.18 Å². The first kappa shape index (κ1) is 19.1. The topological polar surface area (TPSA) is 74.2 Å². The average Bonchev–Trinajstić information content (AvgIpc) is 2.59. The molecule has 0 saturated carbocycles. The molecule has 0 aliphatic carbocycles. The maximum absolute atomic E-state index is 13.3. The average molecular weight is 367 g/mol. The number of carbonyl (C=O) groups excluding carboxylic acids is 1. The summed E-state index contributed by atoms with van der Waals surface area (Å²) in [5, 5.41) is 13.8. The molecular formula is C17H13F4N3O2. The number of rotatable bonds is 6. The minimum Gasteiger partial charge on any atom is -0.482 e. The molecule has 0 aliphatic rings. The summed E-state index contributed by atoms with van der Waals surface area (Å²) in [6.45, 7) is -1.86. The number of benzene rings is 2. The van der Waals surface area contributed by atoms with E-state index in [0.717, 1.165) is 18.2 Å². The van der Waals surface area contributed by atoms with E-state index in [1.807, 2.05) is 6.07 Å². The number of carbonyl (C=O) groups is 1. The van der Waals surface area contributed by atoms with E-state index in [1.165, 1.54) is 24.3 Å². The molecule has 2 N–H and O–H groups in total. The molecule has 0 atom stereocenters. The number of nitrogens with zero attached hydrogens (tertiary/aromatic N) is 1. The van der Waals surface area contributed by atoms with Crippen molar-refractivity contribution in [2.75, 3.05) is 23.8 Å². The summed E-state index contributed by atoms with van der Waals surface area (Å²) in [5.74, 6) is -1.44. The van der Waals surface area contributed by atoms with Gasteiger partial charge in [-0.2, -0.15) is 18.4 Å². The van der Waals surface area contributed by atoms with Crippen molar-refractivity contribution in [1.82, 2.24) is 0 Å². The Morgan fingerprint density at radius 1 is 1.15 bits per heavy atom. The fourth-order valence-electron chi connectivity index (χ4n) is 1.93. The summed E-state index contributed by atoms with van der Waals surface area (Å²) in [7, 11) is 0. The van der Waals surface area contributed by atoms with Gasteiger partial charge in [0.15, 0.2) is 6.61 Å². The Morgan fingerprint density at radius 3 is 2.46 bits per heavy atom. The lowest BCUT2D eigenvalue weighted by Gasteiger charge is -2.14. The smallest absolute Gasteiger partial charge is 0.422 e. The zero-order chi connectivity index (χ0) is 19.2. The van der Waals surface area contributed by atoms with E-state index in [-0.39, 0.29) is 18.0 Å². The number of hydrogen-bond donors (Lipinski definition) is 2. The minimum atomic E-state index is -4.54. The van der Waals surface area contributed by atoms with Crippen molar-refractivity contribution < 1.29 is 27.1 Å². The van der Waals surface area contributed by atoms with E-state index in [9.17, 15) is 22.4 Å². The predicted octanol–water partition coefficient (Wildman–Crippen LogP) is 3.69. The molecule has 2 aromatic carbocycles. The van der Waals surface area contributed by atoms with Crippen LogP contribution in [-0.4, -0.2) is 25.2 Å². The molecule has 2 aromatic rings. The van der Waals surface area contributed by atoms with E-state index in [1.54, 1.807) is 0 Å². The Balaban J connectivity index is 1.97. The molecule has 0 fully saturated rings. The molecule has 0 aromatic heterocycles. The van der Waals surface area contributed by atoms with Crippen LogP contribution in [0.2, 0.25) is 0 Å². The van der Waals surface area contributed by atoms with Crippen LogP contribution in [0.15, 0.2) is 42.5 Å². The van der Waals surface area contributed by atoms with Gasteiger partial charge in [0, 0.05) is 11.8 Å². The molecule has 0 bridgehead atoms. The summed E-state index contributed by atoms with van der Waals surface area (Å²) in [6, 6.07) is 10.9. The fourth-order valence-corrected chi connectivity index (χ4v) is 1.93. The lowest BCUT2D eigenvalue weighted by atomic mass is 10.2. The highest BCUT2D eigenvalue weighted by molar-refractivity contribution is 5.94. The molecule has 136 valence electrons.